The van der Waals surface area contributed by atoms with Crippen LogP contribution in [0.3, 0.4) is 0 Å². The quantitative estimate of drug-likeness (QED) is 0.217. The molecule has 40 heavy (non-hydrogen) atoms. The van der Waals surface area contributed by atoms with Gasteiger partial charge < -0.3 is 4.42 Å². The normalized spacial score (nSPS) is 12.0. The highest BCUT2D eigenvalue weighted by Gasteiger charge is 2.22. The van der Waals surface area contributed by atoms with E-state index in [4.69, 9.17) is 19.4 Å². The maximum atomic E-state index is 6.29. The fourth-order valence-electron chi connectivity index (χ4n) is 6.06. The van der Waals surface area contributed by atoms with Gasteiger partial charge in [0.25, 0.3) is 0 Å². The monoisotopic (exact) mass is 512 g/mol. The Labute approximate surface area is 228 Å². The molecule has 0 spiro atoms. The van der Waals surface area contributed by atoms with E-state index in [0.29, 0.717) is 5.82 Å². The molecule has 9 aromatic rings. The van der Waals surface area contributed by atoms with Crippen LogP contribution in [0.4, 0.5) is 0 Å². The van der Waals surface area contributed by atoms with E-state index in [2.05, 4.69) is 77.2 Å². The summed E-state index contributed by atoms with van der Waals surface area (Å²) >= 11 is 0. The summed E-state index contributed by atoms with van der Waals surface area (Å²) in [4.78, 5) is 15.6. The number of aromatic nitrogens is 4. The van der Waals surface area contributed by atoms with Gasteiger partial charge in [0, 0.05) is 27.3 Å². The molecule has 5 heteroatoms. The maximum absolute atomic E-state index is 6.29. The minimum Gasteiger partial charge on any atom is -0.456 e. The lowest BCUT2D eigenvalue weighted by atomic mass is 9.98. The van der Waals surface area contributed by atoms with Crippen LogP contribution in [0.1, 0.15) is 0 Å². The molecule has 186 valence electrons. The fraction of sp³-hybridized carbons (Fsp3) is 0. The number of pyridine rings is 1. The lowest BCUT2D eigenvalue weighted by Crippen LogP contribution is -2.01. The van der Waals surface area contributed by atoms with Gasteiger partial charge in [0.15, 0.2) is 11.5 Å². The Bertz CT molecular complexity index is 2440. The van der Waals surface area contributed by atoms with Crippen LogP contribution in [0.2, 0.25) is 0 Å². The summed E-state index contributed by atoms with van der Waals surface area (Å²) in [5.74, 6) is 0.669. The Balaban J connectivity index is 1.56. The van der Waals surface area contributed by atoms with Crippen molar-refractivity contribution in [3.63, 3.8) is 0 Å². The van der Waals surface area contributed by atoms with Gasteiger partial charge in [-0.15, -0.1) is 0 Å². The summed E-state index contributed by atoms with van der Waals surface area (Å²) in [7, 11) is 0. The van der Waals surface area contributed by atoms with E-state index in [-0.39, 0.29) is 0 Å². The summed E-state index contributed by atoms with van der Waals surface area (Å²) in [5.41, 5.74) is 8.22. The lowest BCUT2D eigenvalue weighted by Gasteiger charge is -2.15. The lowest BCUT2D eigenvalue weighted by molar-refractivity contribution is 0.669. The largest absolute Gasteiger partial charge is 0.456 e. The third kappa shape index (κ3) is 2.89. The molecule has 4 heterocycles. The van der Waals surface area contributed by atoms with Gasteiger partial charge in [-0.25, -0.2) is 15.0 Å². The van der Waals surface area contributed by atoms with Crippen molar-refractivity contribution in [2.75, 3.05) is 0 Å². The number of hydrogen-bond donors (Lipinski definition) is 0. The third-order valence-electron chi connectivity index (χ3n) is 7.79. The van der Waals surface area contributed by atoms with E-state index in [0.717, 1.165) is 77.2 Å². The average Bonchev–Trinajstić information content (AvgIpc) is 3.60. The molecule has 0 aliphatic heterocycles. The number of nitrogens with zero attached hydrogens (tertiary/aromatic N) is 4. The second kappa shape index (κ2) is 7.98. The third-order valence-corrected chi connectivity index (χ3v) is 7.79. The predicted molar refractivity (Wildman–Crippen MR) is 161 cm³/mol. The van der Waals surface area contributed by atoms with Crippen LogP contribution in [0.5, 0.6) is 0 Å². The number of para-hydroxylation sites is 3. The first-order valence-electron chi connectivity index (χ1n) is 13.3. The van der Waals surface area contributed by atoms with E-state index in [1.165, 1.54) is 0 Å². The number of hydrogen-bond acceptors (Lipinski definition) is 4. The number of rotatable bonds is 2. The topological polar surface area (TPSA) is 56.2 Å². The van der Waals surface area contributed by atoms with Crippen molar-refractivity contribution < 1.29 is 4.42 Å². The molecule has 0 aliphatic carbocycles. The van der Waals surface area contributed by atoms with Crippen LogP contribution in [-0.4, -0.2) is 19.4 Å². The van der Waals surface area contributed by atoms with Crippen LogP contribution in [0, 0.1) is 0 Å². The van der Waals surface area contributed by atoms with E-state index >= 15 is 0 Å². The first-order chi connectivity index (χ1) is 19.8. The highest BCUT2D eigenvalue weighted by molar-refractivity contribution is 6.21. The molecule has 9 rings (SSSR count). The van der Waals surface area contributed by atoms with Crippen molar-refractivity contribution >= 4 is 60.4 Å². The number of fused-ring (bicyclic) bond motifs is 11. The average molecular weight is 513 g/mol. The molecule has 0 atom stereocenters. The first kappa shape index (κ1) is 21.4. The van der Waals surface area contributed by atoms with Crippen LogP contribution in [0.25, 0.3) is 83.1 Å². The zero-order valence-electron chi connectivity index (χ0n) is 21.2. The smallest absolute Gasteiger partial charge is 0.162 e. The van der Waals surface area contributed by atoms with Gasteiger partial charge in [-0.1, -0.05) is 97.1 Å². The van der Waals surface area contributed by atoms with Gasteiger partial charge in [0.1, 0.15) is 16.8 Å². The molecule has 0 fully saturated rings. The molecule has 0 radical (unpaired) electrons. The second-order valence-electron chi connectivity index (χ2n) is 10.0. The molecule has 0 unspecified atom stereocenters. The fourth-order valence-corrected chi connectivity index (χ4v) is 6.06. The van der Waals surface area contributed by atoms with Gasteiger partial charge >= 0.3 is 0 Å². The van der Waals surface area contributed by atoms with Crippen LogP contribution in [-0.2, 0) is 0 Å². The Morgan fingerprint density at radius 3 is 2.12 bits per heavy atom. The summed E-state index contributed by atoms with van der Waals surface area (Å²) in [6.07, 6.45) is 0. The number of imidazole rings is 1. The SMILES string of the molecule is c1ccc(-c2nc(-c3cccc4oc5ccccc5c34)c3c4ccccc4c4nc5ccccc5n4c3n2)cc1. The Hall–Kier alpha value is -5.55. The van der Waals surface area contributed by atoms with E-state index in [1.54, 1.807) is 0 Å². The highest BCUT2D eigenvalue weighted by Crippen LogP contribution is 2.42. The van der Waals surface area contributed by atoms with E-state index in [9.17, 15) is 0 Å². The maximum Gasteiger partial charge on any atom is 0.162 e. The second-order valence-corrected chi connectivity index (χ2v) is 10.0. The van der Waals surface area contributed by atoms with E-state index in [1.807, 2.05) is 48.5 Å². The van der Waals surface area contributed by atoms with Crippen LogP contribution in [0.15, 0.2) is 126 Å². The highest BCUT2D eigenvalue weighted by atomic mass is 16.3. The van der Waals surface area contributed by atoms with Crippen molar-refractivity contribution in [2.24, 2.45) is 0 Å². The summed E-state index contributed by atoms with van der Waals surface area (Å²) in [6.45, 7) is 0. The van der Waals surface area contributed by atoms with Crippen molar-refractivity contribution in [1.29, 1.82) is 0 Å². The minimum atomic E-state index is 0.669. The summed E-state index contributed by atoms with van der Waals surface area (Å²) in [6, 6.07) is 41.3. The molecule has 0 amide bonds. The zero-order chi connectivity index (χ0) is 26.2. The molecule has 0 bridgehead atoms. The molecule has 5 nitrogen and oxygen atoms in total. The molecule has 4 aromatic heterocycles. The molecule has 5 aromatic carbocycles. The predicted octanol–water partition coefficient (Wildman–Crippen LogP) is 8.82. The molecule has 0 saturated carbocycles. The van der Waals surface area contributed by atoms with Gasteiger partial charge in [-0.3, -0.25) is 4.40 Å². The number of furan rings is 1. The van der Waals surface area contributed by atoms with Gasteiger partial charge in [-0.05, 0) is 29.7 Å². The Morgan fingerprint density at radius 2 is 1.23 bits per heavy atom. The molecular formula is C35H20N4O. The number of benzene rings is 5. The van der Waals surface area contributed by atoms with Crippen molar-refractivity contribution in [2.45, 2.75) is 0 Å². The molecule has 0 saturated heterocycles. The zero-order valence-corrected chi connectivity index (χ0v) is 21.2. The van der Waals surface area contributed by atoms with Crippen LogP contribution >= 0.6 is 0 Å². The van der Waals surface area contributed by atoms with Gasteiger partial charge in [0.05, 0.1) is 22.1 Å². The molecule has 0 aliphatic rings. The Morgan fingerprint density at radius 1 is 0.500 bits per heavy atom. The molecular weight excluding hydrogens is 492 g/mol. The van der Waals surface area contributed by atoms with Crippen molar-refractivity contribution in [1.82, 2.24) is 19.4 Å². The van der Waals surface area contributed by atoms with E-state index < -0.39 is 0 Å². The minimum absolute atomic E-state index is 0.669. The summed E-state index contributed by atoms with van der Waals surface area (Å²) < 4.78 is 8.48. The van der Waals surface area contributed by atoms with Crippen LogP contribution < -0.4 is 0 Å². The Kier molecular flexibility index (Phi) is 4.27. The standard InChI is InChI=1S/C35H20N4O/c1-2-11-21(12-3-1)33-37-32(25-16-10-20-29-30(25)24-15-6-9-19-28(24)40-29)31-22-13-4-5-14-23(22)34-36-26-17-7-8-18-27(26)39(34)35(31)38-33/h1-20H. The first-order valence-corrected chi connectivity index (χ1v) is 13.3. The molecule has 0 N–H and O–H groups in total. The summed E-state index contributed by atoms with van der Waals surface area (Å²) in [5, 5.41) is 5.24. The van der Waals surface area contributed by atoms with Crippen molar-refractivity contribution in [3.05, 3.63) is 121 Å². The van der Waals surface area contributed by atoms with Gasteiger partial charge in [0.2, 0.25) is 0 Å². The van der Waals surface area contributed by atoms with Gasteiger partial charge in [-0.2, -0.15) is 0 Å². The van der Waals surface area contributed by atoms with Crippen molar-refractivity contribution in [3.8, 4) is 22.6 Å².